The number of nitrogens with two attached hydrogens (primary N) is 1. The van der Waals surface area contributed by atoms with Crippen LogP contribution in [0.25, 0.3) is 0 Å². The summed E-state index contributed by atoms with van der Waals surface area (Å²) in [6.07, 6.45) is 2.38. The molecule has 1 saturated carbocycles. The van der Waals surface area contributed by atoms with Crippen LogP contribution in [0.5, 0.6) is 0 Å². The van der Waals surface area contributed by atoms with Crippen LogP contribution < -0.4 is 10.5 Å². The van der Waals surface area contributed by atoms with Crippen molar-refractivity contribution in [3.8, 4) is 0 Å². The highest BCUT2D eigenvalue weighted by atomic mass is 32.2. The van der Waals surface area contributed by atoms with E-state index in [0.717, 1.165) is 5.69 Å². The second-order valence-electron chi connectivity index (χ2n) is 5.02. The van der Waals surface area contributed by atoms with Crippen molar-refractivity contribution in [3.63, 3.8) is 0 Å². The van der Waals surface area contributed by atoms with Gasteiger partial charge in [0.25, 0.3) is 0 Å². The molecule has 5 nitrogen and oxygen atoms in total. The van der Waals surface area contributed by atoms with Gasteiger partial charge in [-0.3, -0.25) is 0 Å². The Balaban J connectivity index is 2.25. The van der Waals surface area contributed by atoms with Crippen molar-refractivity contribution in [2.24, 2.45) is 11.1 Å². The highest BCUT2D eigenvalue weighted by molar-refractivity contribution is 7.89. The Labute approximate surface area is 114 Å². The molecule has 1 aliphatic rings. The highest BCUT2D eigenvalue weighted by Gasteiger charge is 2.31. The summed E-state index contributed by atoms with van der Waals surface area (Å²) < 4.78 is 28.2. The predicted molar refractivity (Wildman–Crippen MR) is 74.6 cm³/mol. The Hall–Kier alpha value is -1.11. The molecule has 1 aliphatic carbocycles. The number of anilines is 1. The number of methoxy groups -OCH3 is 1. The van der Waals surface area contributed by atoms with Crippen molar-refractivity contribution in [2.45, 2.75) is 30.7 Å². The zero-order chi connectivity index (χ0) is 14.0. The fourth-order valence-electron chi connectivity index (χ4n) is 2.25. The Morgan fingerprint density at radius 2 is 2.16 bits per heavy atom. The van der Waals surface area contributed by atoms with E-state index in [4.69, 9.17) is 9.88 Å². The van der Waals surface area contributed by atoms with Gasteiger partial charge in [0.2, 0.25) is 10.0 Å². The van der Waals surface area contributed by atoms with Gasteiger partial charge in [-0.25, -0.2) is 13.6 Å². The zero-order valence-corrected chi connectivity index (χ0v) is 12.0. The van der Waals surface area contributed by atoms with E-state index < -0.39 is 10.0 Å². The average Bonchev–Trinajstić information content (AvgIpc) is 3.13. The maximum Gasteiger partial charge on any atom is 0.238 e. The molecule has 0 heterocycles. The van der Waals surface area contributed by atoms with Crippen molar-refractivity contribution >= 4 is 15.7 Å². The van der Waals surface area contributed by atoms with Crippen molar-refractivity contribution in [1.82, 2.24) is 0 Å². The third kappa shape index (κ3) is 3.46. The van der Waals surface area contributed by atoms with Gasteiger partial charge in [-0.2, -0.15) is 0 Å². The number of ether oxygens (including phenoxy) is 1. The molecule has 1 aromatic rings. The van der Waals surface area contributed by atoms with Gasteiger partial charge in [-0.05, 0) is 43.4 Å². The number of sulfonamides is 1. The van der Waals surface area contributed by atoms with Crippen LogP contribution in [0.15, 0.2) is 23.1 Å². The third-order valence-corrected chi connectivity index (χ3v) is 4.52. The molecule has 0 radical (unpaired) electrons. The quantitative estimate of drug-likeness (QED) is 0.829. The second kappa shape index (κ2) is 5.48. The lowest BCUT2D eigenvalue weighted by molar-refractivity contribution is 0.179. The minimum Gasteiger partial charge on any atom is -0.383 e. The molecule has 0 saturated heterocycles. The molecule has 6 heteroatoms. The van der Waals surface area contributed by atoms with E-state index in [1.165, 1.54) is 18.9 Å². The number of benzene rings is 1. The van der Waals surface area contributed by atoms with Gasteiger partial charge in [0.05, 0.1) is 17.5 Å². The molecule has 1 aromatic carbocycles. The Morgan fingerprint density at radius 1 is 1.47 bits per heavy atom. The van der Waals surface area contributed by atoms with E-state index in [9.17, 15) is 8.42 Å². The molecular formula is C13H20N2O3S. The summed E-state index contributed by atoms with van der Waals surface area (Å²) in [6, 6.07) is 5.32. The molecule has 1 atom stereocenters. The fraction of sp³-hybridized carbons (Fsp3) is 0.538. The monoisotopic (exact) mass is 284 g/mol. The fourth-order valence-corrected chi connectivity index (χ4v) is 3.06. The van der Waals surface area contributed by atoms with E-state index in [1.54, 1.807) is 20.1 Å². The molecule has 0 bridgehead atoms. The van der Waals surface area contributed by atoms with Crippen LogP contribution in [0.3, 0.4) is 0 Å². The first kappa shape index (κ1) is 14.3. The van der Waals surface area contributed by atoms with Gasteiger partial charge < -0.3 is 10.1 Å². The minimum atomic E-state index is -3.68. The first-order valence-corrected chi connectivity index (χ1v) is 7.86. The molecular weight excluding hydrogens is 264 g/mol. The minimum absolute atomic E-state index is 0.171. The zero-order valence-electron chi connectivity index (χ0n) is 11.2. The van der Waals surface area contributed by atoms with Crippen LogP contribution in [0.2, 0.25) is 0 Å². The summed E-state index contributed by atoms with van der Waals surface area (Å²) in [4.78, 5) is 0.171. The highest BCUT2D eigenvalue weighted by Crippen LogP contribution is 2.35. The number of hydrogen-bond acceptors (Lipinski definition) is 4. The van der Waals surface area contributed by atoms with Crippen molar-refractivity contribution in [1.29, 1.82) is 0 Å². The Kier molecular flexibility index (Phi) is 4.13. The summed E-state index contributed by atoms with van der Waals surface area (Å²) in [7, 11) is -2.01. The smallest absolute Gasteiger partial charge is 0.238 e. The lowest BCUT2D eigenvalue weighted by Crippen LogP contribution is -2.28. The van der Waals surface area contributed by atoms with Crippen LogP contribution >= 0.6 is 0 Å². The molecule has 0 aliphatic heterocycles. The largest absolute Gasteiger partial charge is 0.383 e. The van der Waals surface area contributed by atoms with E-state index in [-0.39, 0.29) is 10.9 Å². The van der Waals surface area contributed by atoms with Crippen LogP contribution in [-0.4, -0.2) is 28.2 Å². The molecule has 0 spiro atoms. The predicted octanol–water partition coefficient (Wildman–Crippen LogP) is 1.48. The second-order valence-corrected chi connectivity index (χ2v) is 6.55. The van der Waals surface area contributed by atoms with Crippen LogP contribution in [0, 0.1) is 12.8 Å². The summed E-state index contributed by atoms with van der Waals surface area (Å²) in [5.74, 6) is 0.609. The Bertz CT molecular complexity index is 553. The third-order valence-electron chi connectivity index (χ3n) is 3.47. The van der Waals surface area contributed by atoms with Crippen LogP contribution in [0.4, 0.5) is 5.69 Å². The number of primary sulfonamides is 1. The molecule has 3 N–H and O–H groups in total. The van der Waals surface area contributed by atoms with E-state index in [0.29, 0.717) is 18.1 Å². The number of nitrogens with one attached hydrogen (secondary N) is 1. The van der Waals surface area contributed by atoms with Crippen molar-refractivity contribution < 1.29 is 13.2 Å². The van der Waals surface area contributed by atoms with Crippen molar-refractivity contribution in [3.05, 3.63) is 23.8 Å². The topological polar surface area (TPSA) is 81.4 Å². The molecule has 1 fully saturated rings. The molecule has 2 rings (SSSR count). The first-order valence-electron chi connectivity index (χ1n) is 6.31. The average molecular weight is 284 g/mol. The maximum atomic E-state index is 11.5. The summed E-state index contributed by atoms with van der Waals surface area (Å²) in [5.41, 5.74) is 1.47. The number of rotatable bonds is 6. The van der Waals surface area contributed by atoms with Gasteiger partial charge in [-0.15, -0.1) is 0 Å². The van der Waals surface area contributed by atoms with E-state index >= 15 is 0 Å². The van der Waals surface area contributed by atoms with Crippen molar-refractivity contribution in [2.75, 3.05) is 19.0 Å². The standard InChI is InChI=1S/C13H20N2O3S/c1-9-11(4-3-5-13(9)19(14,16)17)15-12(8-18-2)10-6-7-10/h3-5,10,12,15H,6-8H2,1-2H3,(H2,14,16,17). The molecule has 106 valence electrons. The van der Waals surface area contributed by atoms with Gasteiger partial charge in [0, 0.05) is 12.8 Å². The summed E-state index contributed by atoms with van der Waals surface area (Å²) in [5, 5.41) is 8.59. The number of hydrogen-bond donors (Lipinski definition) is 2. The van der Waals surface area contributed by atoms with Crippen LogP contribution in [-0.2, 0) is 14.8 Å². The summed E-state index contributed by atoms with van der Waals surface area (Å²) in [6.45, 7) is 2.38. The normalized spacial score (nSPS) is 17.2. The van der Waals surface area contributed by atoms with E-state index in [1.807, 2.05) is 6.07 Å². The lowest BCUT2D eigenvalue weighted by Gasteiger charge is -2.21. The SMILES string of the molecule is COCC(Nc1cccc(S(N)(=O)=O)c1C)C1CC1. The molecule has 19 heavy (non-hydrogen) atoms. The maximum absolute atomic E-state index is 11.5. The molecule has 1 unspecified atom stereocenters. The van der Waals surface area contributed by atoms with Gasteiger partial charge in [0.1, 0.15) is 0 Å². The van der Waals surface area contributed by atoms with Crippen LogP contribution in [0.1, 0.15) is 18.4 Å². The lowest BCUT2D eigenvalue weighted by atomic mass is 10.1. The van der Waals surface area contributed by atoms with E-state index in [2.05, 4.69) is 5.32 Å². The Morgan fingerprint density at radius 3 is 2.68 bits per heavy atom. The van der Waals surface area contributed by atoms with Gasteiger partial charge >= 0.3 is 0 Å². The summed E-state index contributed by atoms with van der Waals surface area (Å²) >= 11 is 0. The molecule has 0 aromatic heterocycles. The van der Waals surface area contributed by atoms with Gasteiger partial charge in [0.15, 0.2) is 0 Å². The molecule has 0 amide bonds. The first-order chi connectivity index (χ1) is 8.93. The van der Waals surface area contributed by atoms with Gasteiger partial charge in [-0.1, -0.05) is 6.07 Å².